The van der Waals surface area contributed by atoms with Crippen molar-refractivity contribution in [2.45, 2.75) is 51.0 Å². The Balaban J connectivity index is 1.45. The predicted molar refractivity (Wildman–Crippen MR) is 107 cm³/mol. The van der Waals surface area contributed by atoms with Gasteiger partial charge in [-0.15, -0.1) is 0 Å². The Morgan fingerprint density at radius 2 is 1.84 bits per heavy atom. The molecule has 2 fully saturated rings. The van der Waals surface area contributed by atoms with Crippen LogP contribution in [0.1, 0.15) is 33.2 Å². The van der Waals surface area contributed by atoms with Gasteiger partial charge in [-0.3, -0.25) is 4.79 Å². The maximum atomic E-state index is 14.3. The molecule has 3 aromatic rings. The highest BCUT2D eigenvalue weighted by Gasteiger charge is 2.47. The van der Waals surface area contributed by atoms with E-state index < -0.39 is 18.1 Å². The largest absolute Gasteiger partial charge is 0.351 e. The van der Waals surface area contributed by atoms with Crippen molar-refractivity contribution in [1.29, 1.82) is 0 Å². The van der Waals surface area contributed by atoms with Crippen molar-refractivity contribution in [2.24, 2.45) is 0 Å². The van der Waals surface area contributed by atoms with Crippen molar-refractivity contribution in [3.05, 3.63) is 31.0 Å². The molecule has 0 radical (unpaired) electrons. The van der Waals surface area contributed by atoms with Crippen LogP contribution in [0.3, 0.4) is 0 Å². The van der Waals surface area contributed by atoms with Gasteiger partial charge in [0, 0.05) is 48.7 Å². The van der Waals surface area contributed by atoms with Gasteiger partial charge in [0.25, 0.3) is 5.91 Å². The highest BCUT2D eigenvalue weighted by Crippen LogP contribution is 2.36. The Bertz CT molecular complexity index is 1120. The minimum absolute atomic E-state index is 0.0741. The van der Waals surface area contributed by atoms with Crippen molar-refractivity contribution >= 4 is 17.2 Å². The van der Waals surface area contributed by atoms with Crippen LogP contribution in [0, 0.1) is 0 Å². The predicted octanol–water partition coefficient (Wildman–Crippen LogP) is 2.92. The lowest BCUT2D eigenvalue weighted by molar-refractivity contribution is -0.145. The van der Waals surface area contributed by atoms with E-state index in [0.717, 1.165) is 18.4 Å². The number of rotatable bonds is 4. The third-order valence-electron chi connectivity index (χ3n) is 6.05. The molecule has 0 aliphatic carbocycles. The van der Waals surface area contributed by atoms with Gasteiger partial charge in [-0.2, -0.15) is 19.0 Å². The Morgan fingerprint density at radius 3 is 2.45 bits per heavy atom. The molecule has 0 saturated carbocycles. The molecule has 5 heterocycles. The molecule has 0 aromatic carbocycles. The highest BCUT2D eigenvalue weighted by molar-refractivity contribution is 5.85. The first kappa shape index (κ1) is 19.8. The van der Waals surface area contributed by atoms with Crippen LogP contribution in [0.15, 0.2) is 31.0 Å². The van der Waals surface area contributed by atoms with E-state index in [1.807, 2.05) is 6.07 Å². The number of nitrogens with zero attached hydrogens (tertiary/aromatic N) is 7. The molecule has 8 nitrogen and oxygen atoms in total. The molecular formula is C20H22F3N7O. The van der Waals surface area contributed by atoms with Crippen LogP contribution in [-0.2, 0) is 4.79 Å². The number of carbonyl (C=O) groups excluding carboxylic acids is 1. The number of aromatic nitrogens is 5. The normalized spacial score (nSPS) is 21.5. The zero-order valence-electron chi connectivity index (χ0n) is 17.1. The monoisotopic (exact) mass is 433 g/mol. The Kier molecular flexibility index (Phi) is 4.45. The van der Waals surface area contributed by atoms with Gasteiger partial charge in [-0.05, 0) is 32.8 Å². The summed E-state index contributed by atoms with van der Waals surface area (Å²) < 4.78 is 42.3. The van der Waals surface area contributed by atoms with Crippen LogP contribution in [0.4, 0.5) is 19.0 Å². The molecule has 164 valence electrons. The molecular weight excluding hydrogens is 411 g/mol. The number of anilines is 1. The van der Waals surface area contributed by atoms with Crippen molar-refractivity contribution < 1.29 is 18.0 Å². The van der Waals surface area contributed by atoms with Crippen LogP contribution < -0.4 is 4.90 Å². The summed E-state index contributed by atoms with van der Waals surface area (Å²) in [5.41, 5.74) is 0.0823. The molecule has 3 aromatic heterocycles. The maximum absolute atomic E-state index is 14.3. The molecule has 5 rings (SSSR count). The van der Waals surface area contributed by atoms with Crippen LogP contribution in [0.2, 0.25) is 0 Å². The minimum Gasteiger partial charge on any atom is -0.351 e. The minimum atomic E-state index is -2.70. The average molecular weight is 433 g/mol. The molecule has 1 amide bonds. The van der Waals surface area contributed by atoms with Gasteiger partial charge in [0.2, 0.25) is 0 Å². The van der Waals surface area contributed by atoms with E-state index in [-0.39, 0.29) is 12.1 Å². The number of piperazine rings is 1. The topological polar surface area (TPSA) is 71.6 Å². The van der Waals surface area contributed by atoms with Gasteiger partial charge < -0.3 is 9.80 Å². The molecule has 2 atom stereocenters. The molecule has 0 N–H and O–H groups in total. The molecule has 2 unspecified atom stereocenters. The molecule has 31 heavy (non-hydrogen) atoms. The summed E-state index contributed by atoms with van der Waals surface area (Å²) in [6.07, 6.45) is 7.51. The fourth-order valence-electron chi connectivity index (χ4n) is 4.63. The first-order chi connectivity index (χ1) is 14.7. The number of hydrogen-bond acceptors (Lipinski definition) is 5. The number of alkyl halides is 3. The third kappa shape index (κ3) is 3.31. The van der Waals surface area contributed by atoms with Gasteiger partial charge in [-0.25, -0.2) is 18.6 Å². The van der Waals surface area contributed by atoms with Crippen LogP contribution >= 0.6 is 0 Å². The van der Waals surface area contributed by atoms with Crippen molar-refractivity contribution in [1.82, 2.24) is 29.3 Å². The number of hydrogen-bond donors (Lipinski definition) is 0. The van der Waals surface area contributed by atoms with Crippen molar-refractivity contribution in [2.75, 3.05) is 18.0 Å². The zero-order chi connectivity index (χ0) is 21.9. The SMILES string of the molecule is CC(C)(F)C(=O)N1C2CCC1CN(c1ncnn3cc(-c4cnn(C(F)F)c4)cc13)C2. The fraction of sp³-hybridized carbons (Fsp3) is 0.500. The maximum Gasteiger partial charge on any atom is 0.333 e. The summed E-state index contributed by atoms with van der Waals surface area (Å²) in [4.78, 5) is 20.9. The van der Waals surface area contributed by atoms with E-state index in [0.29, 0.717) is 34.7 Å². The summed E-state index contributed by atoms with van der Waals surface area (Å²) in [5, 5.41) is 7.93. The lowest BCUT2D eigenvalue weighted by Crippen LogP contribution is -2.59. The van der Waals surface area contributed by atoms with Crippen molar-refractivity contribution in [3.8, 4) is 11.1 Å². The quantitative estimate of drug-likeness (QED) is 0.633. The smallest absolute Gasteiger partial charge is 0.333 e. The zero-order valence-corrected chi connectivity index (χ0v) is 17.1. The third-order valence-corrected chi connectivity index (χ3v) is 6.05. The fourth-order valence-corrected chi connectivity index (χ4v) is 4.63. The molecule has 2 aliphatic heterocycles. The number of carbonyl (C=O) groups is 1. The number of fused-ring (bicyclic) bond motifs is 3. The molecule has 2 saturated heterocycles. The summed E-state index contributed by atoms with van der Waals surface area (Å²) in [6, 6.07) is 1.69. The molecule has 11 heteroatoms. The lowest BCUT2D eigenvalue weighted by Gasteiger charge is -2.43. The average Bonchev–Trinajstić information content (AvgIpc) is 3.42. The highest BCUT2D eigenvalue weighted by atomic mass is 19.3. The summed E-state index contributed by atoms with van der Waals surface area (Å²) >= 11 is 0. The molecule has 2 bridgehead atoms. The summed E-state index contributed by atoms with van der Waals surface area (Å²) in [7, 11) is 0. The van der Waals surface area contributed by atoms with Crippen LogP contribution in [-0.4, -0.2) is 66.0 Å². The van der Waals surface area contributed by atoms with Gasteiger partial charge in [0.05, 0.1) is 6.20 Å². The Hall–Kier alpha value is -3.11. The second kappa shape index (κ2) is 6.96. The standard InChI is InChI=1S/C20H22F3N7O/c1-20(2,23)18(31)30-14-3-4-15(30)10-27(9-14)17-16-5-12(7-28(16)26-11-24-17)13-6-25-29(8-13)19(21)22/h5-8,11,14-15,19H,3-4,9-10H2,1-2H3. The second-order valence-electron chi connectivity index (χ2n) is 8.60. The van der Waals surface area contributed by atoms with E-state index in [4.69, 9.17) is 0 Å². The van der Waals surface area contributed by atoms with Crippen LogP contribution in [0.5, 0.6) is 0 Å². The van der Waals surface area contributed by atoms with Gasteiger partial charge >= 0.3 is 6.55 Å². The van der Waals surface area contributed by atoms with Gasteiger partial charge in [-0.1, -0.05) is 0 Å². The molecule has 2 aliphatic rings. The van der Waals surface area contributed by atoms with E-state index >= 15 is 0 Å². The van der Waals surface area contributed by atoms with E-state index in [1.54, 1.807) is 15.6 Å². The Morgan fingerprint density at radius 1 is 1.13 bits per heavy atom. The second-order valence-corrected chi connectivity index (χ2v) is 8.60. The van der Waals surface area contributed by atoms with E-state index in [1.165, 1.54) is 32.6 Å². The molecule has 0 spiro atoms. The van der Waals surface area contributed by atoms with E-state index in [9.17, 15) is 18.0 Å². The summed E-state index contributed by atoms with van der Waals surface area (Å²) in [6.45, 7) is 0.995. The number of amides is 1. The van der Waals surface area contributed by atoms with Gasteiger partial charge in [0.15, 0.2) is 11.5 Å². The van der Waals surface area contributed by atoms with E-state index in [2.05, 4.69) is 20.1 Å². The van der Waals surface area contributed by atoms with Gasteiger partial charge in [0.1, 0.15) is 11.8 Å². The first-order valence-electron chi connectivity index (χ1n) is 10.1. The first-order valence-corrected chi connectivity index (χ1v) is 10.1. The van der Waals surface area contributed by atoms with Crippen LogP contribution in [0.25, 0.3) is 16.6 Å². The van der Waals surface area contributed by atoms with Crippen molar-refractivity contribution in [3.63, 3.8) is 0 Å². The summed E-state index contributed by atoms with van der Waals surface area (Å²) in [5.74, 6) is 0.236. The lowest BCUT2D eigenvalue weighted by atomic mass is 10.1. The Labute approximate surface area is 176 Å². The number of halogens is 3.